The number of carbonyl (C=O) groups is 1. The van der Waals surface area contributed by atoms with Gasteiger partial charge in [-0.3, -0.25) is 4.79 Å². The van der Waals surface area contributed by atoms with Crippen molar-refractivity contribution in [1.82, 2.24) is 10.6 Å². The number of piperidine rings is 1. The number of halogens is 3. The van der Waals surface area contributed by atoms with E-state index in [9.17, 15) is 9.18 Å². The van der Waals surface area contributed by atoms with E-state index in [0.717, 1.165) is 53.9 Å². The van der Waals surface area contributed by atoms with Gasteiger partial charge in [-0.25, -0.2) is 4.39 Å². The van der Waals surface area contributed by atoms with Gasteiger partial charge in [0.25, 0.3) is 0 Å². The quantitative estimate of drug-likeness (QED) is 0.689. The van der Waals surface area contributed by atoms with Crippen LogP contribution >= 0.6 is 24.8 Å². The molecular weight excluding hydrogens is 440 g/mol. The van der Waals surface area contributed by atoms with Gasteiger partial charge >= 0.3 is 0 Å². The number of carbonyl (C=O) groups excluding carboxylic acids is 1. The minimum absolute atomic E-state index is 0. The standard InChI is InChI=1S/C23H28FN3O2.2ClH/c1-27-20-12-17(21(29-2)13-16(20)7-10-22(27)28)14-26-19-4-3-11-25-23(19)15-5-8-18(24)9-6-15;;/h5-6,8-9,12-13,19,23,25-26H,3-4,7,10-11,14H2,1-2H3;2*1H/t19-,23-;;/m0../s1. The maximum Gasteiger partial charge on any atom is 0.227 e. The molecule has 170 valence electrons. The van der Waals surface area contributed by atoms with Crippen molar-refractivity contribution in [1.29, 1.82) is 0 Å². The van der Waals surface area contributed by atoms with Crippen LogP contribution in [-0.2, 0) is 17.8 Å². The SMILES string of the molecule is COc1cc2c(cc1CN[C@H]1CCCN[C@H]1c1ccc(F)cc1)N(C)C(=O)CC2.Cl.Cl. The Balaban J connectivity index is 0.00000171. The van der Waals surface area contributed by atoms with Crippen LogP contribution in [0, 0.1) is 5.82 Å². The number of amides is 1. The lowest BCUT2D eigenvalue weighted by Crippen LogP contribution is -2.45. The van der Waals surface area contributed by atoms with Gasteiger partial charge in [0.2, 0.25) is 5.91 Å². The molecular formula is C23H30Cl2FN3O2. The Morgan fingerprint density at radius 3 is 2.65 bits per heavy atom. The molecule has 0 aromatic heterocycles. The molecule has 0 unspecified atom stereocenters. The number of fused-ring (bicyclic) bond motifs is 1. The van der Waals surface area contributed by atoms with E-state index in [1.54, 1.807) is 12.0 Å². The number of nitrogens with one attached hydrogen (secondary N) is 2. The molecule has 2 N–H and O–H groups in total. The molecule has 2 aliphatic heterocycles. The summed E-state index contributed by atoms with van der Waals surface area (Å²) < 4.78 is 19.0. The first-order valence-electron chi connectivity index (χ1n) is 10.3. The fourth-order valence-corrected chi connectivity index (χ4v) is 4.41. The van der Waals surface area contributed by atoms with Crippen LogP contribution in [-0.4, -0.2) is 32.7 Å². The zero-order valence-corrected chi connectivity index (χ0v) is 19.5. The molecule has 5 nitrogen and oxygen atoms in total. The Bertz CT molecular complexity index is 895. The van der Waals surface area contributed by atoms with Gasteiger partial charge < -0.3 is 20.3 Å². The largest absolute Gasteiger partial charge is 0.496 e. The molecule has 2 atom stereocenters. The number of hydrogen-bond acceptors (Lipinski definition) is 4. The normalized spacial score (nSPS) is 20.4. The van der Waals surface area contributed by atoms with E-state index in [2.05, 4.69) is 22.8 Å². The first-order valence-corrected chi connectivity index (χ1v) is 10.3. The number of ether oxygens (including phenoxy) is 1. The molecule has 0 radical (unpaired) electrons. The van der Waals surface area contributed by atoms with E-state index in [0.29, 0.717) is 13.0 Å². The van der Waals surface area contributed by atoms with E-state index in [1.165, 1.54) is 12.1 Å². The van der Waals surface area contributed by atoms with Crippen LogP contribution in [0.15, 0.2) is 36.4 Å². The minimum atomic E-state index is -0.216. The highest BCUT2D eigenvalue weighted by molar-refractivity contribution is 5.96. The number of aryl methyl sites for hydroxylation is 1. The summed E-state index contributed by atoms with van der Waals surface area (Å²) in [5.41, 5.74) is 4.24. The van der Waals surface area contributed by atoms with E-state index < -0.39 is 0 Å². The smallest absolute Gasteiger partial charge is 0.227 e. The molecule has 1 fully saturated rings. The van der Waals surface area contributed by atoms with Gasteiger partial charge in [0.1, 0.15) is 11.6 Å². The second kappa shape index (κ2) is 11.1. The van der Waals surface area contributed by atoms with Gasteiger partial charge in [-0.05, 0) is 61.2 Å². The van der Waals surface area contributed by atoms with Crippen LogP contribution in [0.2, 0.25) is 0 Å². The summed E-state index contributed by atoms with van der Waals surface area (Å²) in [6, 6.07) is 11.2. The lowest BCUT2D eigenvalue weighted by Gasteiger charge is -2.34. The summed E-state index contributed by atoms with van der Waals surface area (Å²) in [4.78, 5) is 13.8. The summed E-state index contributed by atoms with van der Waals surface area (Å²) in [6.45, 7) is 1.60. The van der Waals surface area contributed by atoms with Crippen molar-refractivity contribution in [3.8, 4) is 5.75 Å². The fraction of sp³-hybridized carbons (Fsp3) is 0.435. The number of rotatable bonds is 5. The van der Waals surface area contributed by atoms with Crippen LogP contribution in [0.25, 0.3) is 0 Å². The summed E-state index contributed by atoms with van der Waals surface area (Å²) in [5.74, 6) is 0.780. The van der Waals surface area contributed by atoms with Crippen LogP contribution in [0.5, 0.6) is 5.75 Å². The maximum absolute atomic E-state index is 13.3. The molecule has 0 spiro atoms. The molecule has 2 aromatic rings. The highest BCUT2D eigenvalue weighted by atomic mass is 35.5. The van der Waals surface area contributed by atoms with Gasteiger partial charge in [0, 0.05) is 43.3 Å². The zero-order chi connectivity index (χ0) is 20.4. The number of benzene rings is 2. The predicted octanol–water partition coefficient (Wildman–Crippen LogP) is 4.17. The number of hydrogen-bond donors (Lipinski definition) is 2. The lowest BCUT2D eigenvalue weighted by molar-refractivity contribution is -0.118. The lowest BCUT2D eigenvalue weighted by atomic mass is 9.92. The van der Waals surface area contributed by atoms with Crippen molar-refractivity contribution < 1.29 is 13.9 Å². The Labute approximate surface area is 195 Å². The Morgan fingerprint density at radius 2 is 1.94 bits per heavy atom. The Morgan fingerprint density at radius 1 is 1.19 bits per heavy atom. The van der Waals surface area contributed by atoms with Crippen LogP contribution in [0.4, 0.5) is 10.1 Å². The third-order valence-electron chi connectivity index (χ3n) is 6.07. The van der Waals surface area contributed by atoms with Gasteiger partial charge in [-0.2, -0.15) is 0 Å². The summed E-state index contributed by atoms with van der Waals surface area (Å²) in [5, 5.41) is 7.23. The molecule has 2 aliphatic rings. The molecule has 2 aromatic carbocycles. The summed E-state index contributed by atoms with van der Waals surface area (Å²) in [7, 11) is 3.52. The highest BCUT2D eigenvalue weighted by Crippen LogP contribution is 2.34. The Kier molecular flexibility index (Phi) is 9.13. The average molecular weight is 470 g/mol. The van der Waals surface area contributed by atoms with Crippen molar-refractivity contribution in [2.24, 2.45) is 0 Å². The van der Waals surface area contributed by atoms with Crippen molar-refractivity contribution >= 4 is 36.4 Å². The zero-order valence-electron chi connectivity index (χ0n) is 17.8. The highest BCUT2D eigenvalue weighted by Gasteiger charge is 2.27. The van der Waals surface area contributed by atoms with Gasteiger partial charge in [0.05, 0.1) is 7.11 Å². The number of anilines is 1. The minimum Gasteiger partial charge on any atom is -0.496 e. The molecule has 4 rings (SSSR count). The van der Waals surface area contributed by atoms with Crippen molar-refractivity contribution in [3.05, 3.63) is 58.9 Å². The number of methoxy groups -OCH3 is 1. The van der Waals surface area contributed by atoms with Crippen molar-refractivity contribution in [2.75, 3.05) is 25.6 Å². The first kappa shape index (κ1) is 25.4. The van der Waals surface area contributed by atoms with Gasteiger partial charge in [0.15, 0.2) is 0 Å². The van der Waals surface area contributed by atoms with Crippen molar-refractivity contribution in [3.63, 3.8) is 0 Å². The average Bonchev–Trinajstić information content (AvgIpc) is 2.75. The Hall–Kier alpha value is -1.86. The fourth-order valence-electron chi connectivity index (χ4n) is 4.41. The maximum atomic E-state index is 13.3. The van der Waals surface area contributed by atoms with Crippen LogP contribution in [0.3, 0.4) is 0 Å². The molecule has 0 saturated carbocycles. The third kappa shape index (κ3) is 5.50. The predicted molar refractivity (Wildman–Crippen MR) is 126 cm³/mol. The molecule has 2 heterocycles. The van der Waals surface area contributed by atoms with E-state index in [1.807, 2.05) is 19.2 Å². The third-order valence-corrected chi connectivity index (χ3v) is 6.07. The monoisotopic (exact) mass is 469 g/mol. The molecule has 31 heavy (non-hydrogen) atoms. The van der Waals surface area contributed by atoms with Gasteiger partial charge in [-0.15, -0.1) is 24.8 Å². The van der Waals surface area contributed by atoms with Gasteiger partial charge in [-0.1, -0.05) is 12.1 Å². The summed E-state index contributed by atoms with van der Waals surface area (Å²) >= 11 is 0. The second-order valence-electron chi connectivity index (χ2n) is 7.86. The summed E-state index contributed by atoms with van der Waals surface area (Å²) in [6.07, 6.45) is 3.42. The molecule has 1 saturated heterocycles. The van der Waals surface area contributed by atoms with E-state index >= 15 is 0 Å². The van der Waals surface area contributed by atoms with Crippen molar-refractivity contribution in [2.45, 2.75) is 44.3 Å². The van der Waals surface area contributed by atoms with Crippen LogP contribution in [0.1, 0.15) is 42.0 Å². The first-order chi connectivity index (χ1) is 14.1. The molecule has 0 aliphatic carbocycles. The van der Waals surface area contributed by atoms with E-state index in [4.69, 9.17) is 4.74 Å². The molecule has 1 amide bonds. The number of nitrogens with zero attached hydrogens (tertiary/aromatic N) is 1. The topological polar surface area (TPSA) is 53.6 Å². The molecule has 8 heteroatoms. The van der Waals surface area contributed by atoms with E-state index in [-0.39, 0.29) is 48.6 Å². The molecule has 0 bridgehead atoms. The van der Waals surface area contributed by atoms with Crippen LogP contribution < -0.4 is 20.3 Å². The second-order valence-corrected chi connectivity index (χ2v) is 7.86.